The minimum absolute atomic E-state index is 0.00793. The first-order valence-corrected chi connectivity index (χ1v) is 11.8. The van der Waals surface area contributed by atoms with E-state index in [1.165, 1.54) is 16.8 Å². The Labute approximate surface area is 155 Å². The summed E-state index contributed by atoms with van der Waals surface area (Å²) in [6, 6.07) is 5.02. The largest absolute Gasteiger partial charge is 0.361 e. The average molecular weight is 386 g/mol. The van der Waals surface area contributed by atoms with Crippen LogP contribution in [0.2, 0.25) is 25.7 Å². The molecule has 1 aromatic carbocycles. The van der Waals surface area contributed by atoms with E-state index in [0.717, 1.165) is 12.1 Å². The first kappa shape index (κ1) is 20.1. The molecule has 2 aromatic rings. The van der Waals surface area contributed by atoms with Gasteiger partial charge in [-0.05, 0) is 17.6 Å². The van der Waals surface area contributed by atoms with Gasteiger partial charge in [0.25, 0.3) is 5.69 Å². The zero-order valence-electron chi connectivity index (χ0n) is 15.2. The number of aromatic nitrogens is 1. The standard InChI is InChI=1S/C16H18N6O4Si/c1-27(2,3)5-4-26-10-21-9-11(8-17)16(23)12-6-15(22(24)25)13(19-20-18)7-14(12)21/h6-7,9H,4-5,10H2,1-3H3. The molecule has 0 amide bonds. The summed E-state index contributed by atoms with van der Waals surface area (Å²) in [5.41, 5.74) is 7.46. The van der Waals surface area contributed by atoms with E-state index >= 15 is 0 Å². The Hall–Kier alpha value is -3.19. The number of hydrogen-bond acceptors (Lipinski definition) is 6. The maximum atomic E-state index is 12.4. The van der Waals surface area contributed by atoms with Crippen molar-refractivity contribution in [1.82, 2.24) is 4.57 Å². The smallest absolute Gasteiger partial charge is 0.279 e. The topological polar surface area (TPSA) is 147 Å². The Kier molecular flexibility index (Phi) is 5.97. The first-order valence-electron chi connectivity index (χ1n) is 8.06. The summed E-state index contributed by atoms with van der Waals surface area (Å²) in [4.78, 5) is 25.5. The van der Waals surface area contributed by atoms with Crippen LogP contribution in [0.25, 0.3) is 21.3 Å². The molecule has 0 radical (unpaired) electrons. The summed E-state index contributed by atoms with van der Waals surface area (Å²) in [5, 5.41) is 23.8. The van der Waals surface area contributed by atoms with Gasteiger partial charge in [-0.15, -0.1) is 0 Å². The lowest BCUT2D eigenvalue weighted by Crippen LogP contribution is -2.22. The summed E-state index contributed by atoms with van der Waals surface area (Å²) in [5.74, 6) is 0. The molecule has 0 N–H and O–H groups in total. The van der Waals surface area contributed by atoms with E-state index in [-0.39, 0.29) is 23.4 Å². The van der Waals surface area contributed by atoms with Crippen LogP contribution in [0.15, 0.2) is 28.2 Å². The van der Waals surface area contributed by atoms with Crippen molar-refractivity contribution < 1.29 is 9.66 Å². The van der Waals surface area contributed by atoms with Crippen LogP contribution in [0.3, 0.4) is 0 Å². The van der Waals surface area contributed by atoms with Crippen LogP contribution in [-0.4, -0.2) is 24.2 Å². The van der Waals surface area contributed by atoms with E-state index in [1.54, 1.807) is 6.07 Å². The fraction of sp³-hybridized carbons (Fsp3) is 0.375. The number of pyridine rings is 1. The molecule has 2 rings (SSSR count). The third kappa shape index (κ3) is 4.71. The van der Waals surface area contributed by atoms with Crippen LogP contribution < -0.4 is 5.43 Å². The predicted octanol–water partition coefficient (Wildman–Crippen LogP) is 4.04. The quantitative estimate of drug-likeness (QED) is 0.134. The van der Waals surface area contributed by atoms with Crippen molar-refractivity contribution in [2.24, 2.45) is 5.11 Å². The van der Waals surface area contributed by atoms with E-state index in [2.05, 4.69) is 29.7 Å². The number of fused-ring (bicyclic) bond motifs is 1. The lowest BCUT2D eigenvalue weighted by Gasteiger charge is -2.17. The lowest BCUT2D eigenvalue weighted by atomic mass is 10.1. The lowest BCUT2D eigenvalue weighted by molar-refractivity contribution is -0.383. The fourth-order valence-electron chi connectivity index (χ4n) is 2.42. The number of rotatable bonds is 7. The second-order valence-electron chi connectivity index (χ2n) is 7.11. The van der Waals surface area contributed by atoms with Crippen LogP contribution in [0.4, 0.5) is 11.4 Å². The Bertz CT molecular complexity index is 1040. The number of ether oxygens (including phenoxy) is 1. The molecule has 0 aliphatic rings. The van der Waals surface area contributed by atoms with E-state index in [0.29, 0.717) is 12.1 Å². The molecule has 0 saturated heterocycles. The highest BCUT2D eigenvalue weighted by Crippen LogP contribution is 2.31. The van der Waals surface area contributed by atoms with Crippen molar-refractivity contribution in [3.8, 4) is 6.07 Å². The number of benzene rings is 1. The molecular weight excluding hydrogens is 368 g/mol. The second-order valence-corrected chi connectivity index (χ2v) is 12.7. The number of nitro benzene ring substituents is 1. The Morgan fingerprint density at radius 2 is 2.15 bits per heavy atom. The summed E-state index contributed by atoms with van der Waals surface area (Å²) < 4.78 is 7.18. The highest BCUT2D eigenvalue weighted by Gasteiger charge is 2.19. The molecule has 0 fully saturated rings. The average Bonchev–Trinajstić information content (AvgIpc) is 2.59. The summed E-state index contributed by atoms with van der Waals surface area (Å²) >= 11 is 0. The van der Waals surface area contributed by atoms with E-state index < -0.39 is 24.1 Å². The van der Waals surface area contributed by atoms with Crippen molar-refractivity contribution in [3.63, 3.8) is 0 Å². The number of azide groups is 1. The SMILES string of the molecule is C[Si](C)(C)CCOCn1cc(C#N)c(=O)c2cc([N+](=O)[O-])c(N=[N+]=[N-])cc21. The van der Waals surface area contributed by atoms with Gasteiger partial charge in [-0.25, -0.2) is 0 Å². The van der Waals surface area contributed by atoms with Gasteiger partial charge in [0.05, 0.1) is 15.8 Å². The molecule has 0 saturated carbocycles. The predicted molar refractivity (Wildman–Crippen MR) is 102 cm³/mol. The Balaban J connectivity index is 2.59. The molecule has 0 aliphatic heterocycles. The van der Waals surface area contributed by atoms with Crippen LogP contribution in [0, 0.1) is 21.4 Å². The van der Waals surface area contributed by atoms with Crippen LogP contribution in [0.5, 0.6) is 0 Å². The molecule has 0 aliphatic carbocycles. The summed E-state index contributed by atoms with van der Waals surface area (Å²) in [6.07, 6.45) is 1.34. The molecular formula is C16H18N6O4Si. The van der Waals surface area contributed by atoms with Gasteiger partial charge in [0.15, 0.2) is 0 Å². The van der Waals surface area contributed by atoms with Gasteiger partial charge in [-0.3, -0.25) is 14.9 Å². The van der Waals surface area contributed by atoms with Crippen molar-refractivity contribution in [2.75, 3.05) is 6.61 Å². The van der Waals surface area contributed by atoms with Gasteiger partial charge in [-0.2, -0.15) is 5.26 Å². The minimum Gasteiger partial charge on any atom is -0.361 e. The molecule has 11 heteroatoms. The molecule has 140 valence electrons. The van der Waals surface area contributed by atoms with E-state index in [4.69, 9.17) is 10.3 Å². The normalized spacial score (nSPS) is 11.0. The zero-order valence-corrected chi connectivity index (χ0v) is 16.2. The third-order valence-electron chi connectivity index (χ3n) is 3.87. The van der Waals surface area contributed by atoms with Crippen molar-refractivity contribution in [1.29, 1.82) is 5.26 Å². The number of hydrogen-bond donors (Lipinski definition) is 0. The molecule has 10 nitrogen and oxygen atoms in total. The molecule has 27 heavy (non-hydrogen) atoms. The second kappa shape index (κ2) is 8.01. The maximum absolute atomic E-state index is 12.4. The summed E-state index contributed by atoms with van der Waals surface area (Å²) in [7, 11) is -1.28. The highest BCUT2D eigenvalue weighted by molar-refractivity contribution is 6.76. The van der Waals surface area contributed by atoms with Crippen LogP contribution in [0.1, 0.15) is 5.56 Å². The van der Waals surface area contributed by atoms with Gasteiger partial charge >= 0.3 is 0 Å². The Morgan fingerprint density at radius 3 is 2.70 bits per heavy atom. The fourth-order valence-corrected chi connectivity index (χ4v) is 3.17. The molecule has 0 unspecified atom stereocenters. The molecule has 1 aromatic heterocycles. The van der Waals surface area contributed by atoms with Crippen LogP contribution in [-0.2, 0) is 11.5 Å². The summed E-state index contributed by atoms with van der Waals surface area (Å²) in [6.45, 7) is 7.21. The number of nitriles is 1. The van der Waals surface area contributed by atoms with Crippen LogP contribution >= 0.6 is 0 Å². The van der Waals surface area contributed by atoms with Gasteiger partial charge in [0.2, 0.25) is 5.43 Å². The zero-order chi connectivity index (χ0) is 20.2. The van der Waals surface area contributed by atoms with Crippen molar-refractivity contribution in [3.05, 3.63) is 54.7 Å². The highest BCUT2D eigenvalue weighted by atomic mass is 28.3. The monoisotopic (exact) mass is 386 g/mol. The van der Waals surface area contributed by atoms with Gasteiger partial charge < -0.3 is 9.30 Å². The van der Waals surface area contributed by atoms with E-state index in [1.807, 2.05) is 0 Å². The first-order chi connectivity index (χ1) is 12.7. The minimum atomic E-state index is -1.28. The van der Waals surface area contributed by atoms with E-state index in [9.17, 15) is 20.2 Å². The molecule has 0 spiro atoms. The number of nitrogens with zero attached hydrogens (tertiary/aromatic N) is 6. The number of nitro groups is 1. The van der Waals surface area contributed by atoms with Gasteiger partial charge in [0, 0.05) is 31.9 Å². The Morgan fingerprint density at radius 1 is 1.44 bits per heavy atom. The van der Waals surface area contributed by atoms with Gasteiger partial charge in [0.1, 0.15) is 24.1 Å². The van der Waals surface area contributed by atoms with Crippen molar-refractivity contribution >= 4 is 30.4 Å². The molecule has 0 bridgehead atoms. The maximum Gasteiger partial charge on any atom is 0.279 e. The third-order valence-corrected chi connectivity index (χ3v) is 5.58. The molecule has 1 heterocycles. The van der Waals surface area contributed by atoms with Gasteiger partial charge in [-0.1, -0.05) is 24.8 Å². The molecule has 0 atom stereocenters. The van der Waals surface area contributed by atoms with Crippen molar-refractivity contribution in [2.45, 2.75) is 32.4 Å².